The van der Waals surface area contributed by atoms with Crippen molar-refractivity contribution in [2.24, 2.45) is 10.7 Å². The number of amides is 5. The number of Topliss-reactive ketones (excluding diaryl/α,β-unsaturated/α-hetero) is 2. The maximum atomic E-state index is 12.4. The Hall–Kier alpha value is -6.20. The largest absolute Gasteiger partial charge is 0.460 e. The number of nitrogens with zero attached hydrogens (tertiary/aromatic N) is 5. The molecule has 3 aromatic rings. The highest BCUT2D eigenvalue weighted by molar-refractivity contribution is 6.11. The van der Waals surface area contributed by atoms with Crippen LogP contribution in [0.25, 0.3) is 0 Å². The van der Waals surface area contributed by atoms with E-state index in [-0.39, 0.29) is 24.3 Å². The van der Waals surface area contributed by atoms with Crippen LogP contribution in [-0.4, -0.2) is 74.2 Å². The predicted octanol–water partition coefficient (Wildman–Crippen LogP) is 3.45. The summed E-state index contributed by atoms with van der Waals surface area (Å²) < 4.78 is 18.3. The molecule has 0 atom stereocenters. The van der Waals surface area contributed by atoms with Crippen molar-refractivity contribution in [2.45, 2.75) is 124 Å². The maximum Gasteiger partial charge on any atom is 0.415 e. The second-order valence-electron chi connectivity index (χ2n) is 15.9. The normalized spacial score (nSPS) is 11.7. The highest BCUT2D eigenvalue weighted by atomic mass is 16.6. The Labute approximate surface area is 338 Å². The van der Waals surface area contributed by atoms with Crippen molar-refractivity contribution in [2.75, 3.05) is 6.54 Å². The van der Waals surface area contributed by atoms with E-state index in [2.05, 4.69) is 53.6 Å². The first-order valence-electron chi connectivity index (χ1n) is 19.1. The average Bonchev–Trinajstić information content (AvgIpc) is 3.72. The van der Waals surface area contributed by atoms with E-state index in [1.165, 1.54) is 0 Å². The monoisotopic (exact) mass is 806 g/mol. The number of hydrogen-bond acceptors (Lipinski definition) is 9. The number of benzene rings is 1. The second kappa shape index (κ2) is 21.9. The van der Waals surface area contributed by atoms with Crippen LogP contribution in [0, 0.1) is 5.41 Å². The number of urea groups is 2. The van der Waals surface area contributed by atoms with Gasteiger partial charge in [0, 0.05) is 37.9 Å². The van der Waals surface area contributed by atoms with Crippen LogP contribution in [0.3, 0.4) is 0 Å². The Kier molecular flexibility index (Phi) is 17.5. The fourth-order valence-corrected chi connectivity index (χ4v) is 5.52. The summed E-state index contributed by atoms with van der Waals surface area (Å²) in [5.41, 5.74) is 6.41. The van der Waals surface area contributed by atoms with Gasteiger partial charge in [0.15, 0.2) is 0 Å². The molecule has 0 unspecified atom stereocenters. The van der Waals surface area contributed by atoms with Crippen LogP contribution in [-0.2, 0) is 50.0 Å². The van der Waals surface area contributed by atoms with Crippen LogP contribution in [0.5, 0.6) is 0 Å². The van der Waals surface area contributed by atoms with Gasteiger partial charge in [0.2, 0.25) is 18.6 Å². The molecule has 5 amide bonds. The Bertz CT molecular complexity index is 1930. The number of nitrogens with two attached hydrogens (primary N) is 1. The number of imidazole rings is 2. The minimum absolute atomic E-state index is 0.0181. The van der Waals surface area contributed by atoms with Crippen LogP contribution in [0.4, 0.5) is 14.4 Å². The van der Waals surface area contributed by atoms with Gasteiger partial charge in [0.1, 0.15) is 67.1 Å². The third kappa shape index (κ3) is 19.6. The summed E-state index contributed by atoms with van der Waals surface area (Å²) >= 11 is 0. The van der Waals surface area contributed by atoms with Crippen molar-refractivity contribution in [1.29, 1.82) is 5.41 Å². The number of aromatic nitrogens is 4. The highest BCUT2D eigenvalue weighted by Gasteiger charge is 2.21. The number of esters is 1. The van der Waals surface area contributed by atoms with Crippen molar-refractivity contribution < 1.29 is 47.4 Å². The predicted molar refractivity (Wildman–Crippen MR) is 213 cm³/mol. The number of unbranched alkanes of at least 4 members (excludes halogenated alkanes) is 1. The van der Waals surface area contributed by atoms with Gasteiger partial charge >= 0.3 is 24.1 Å². The molecule has 0 aliphatic carbocycles. The number of imide groups is 1. The molecule has 0 fully saturated rings. The third-order valence-corrected chi connectivity index (χ3v) is 7.90. The minimum Gasteiger partial charge on any atom is -0.460 e. The molecule has 18 nitrogen and oxygen atoms in total. The first kappa shape index (κ1) is 46.2. The SMILES string of the molecule is CC(C)(C)OC(=O)CC(=O)CC(=N)CC(=O)CCCCn1cc[n+](Cc2ccc(C[n+]3ccn(CCCNC(=O)N=C(N)NC(=O)NC(=O)OC(C)(C)C)c3)cc2)c1. The number of aliphatic imine (C=N–C) groups is 1. The van der Waals surface area contributed by atoms with Gasteiger partial charge in [0.05, 0.1) is 13.1 Å². The van der Waals surface area contributed by atoms with Crippen molar-refractivity contribution in [1.82, 2.24) is 25.1 Å². The zero-order chi connectivity index (χ0) is 42.9. The minimum atomic E-state index is -0.978. The number of hydrogen-bond donors (Lipinski definition) is 5. The zero-order valence-corrected chi connectivity index (χ0v) is 34.3. The zero-order valence-electron chi connectivity index (χ0n) is 34.3. The number of aryl methyl sites for hydroxylation is 2. The highest BCUT2D eigenvalue weighted by Crippen LogP contribution is 2.11. The number of guanidine groups is 1. The van der Waals surface area contributed by atoms with Crippen molar-refractivity contribution >= 4 is 47.4 Å². The number of alkyl carbamates (subject to hydrolysis) is 1. The average molecular weight is 807 g/mol. The Morgan fingerprint density at radius 3 is 1.83 bits per heavy atom. The van der Waals surface area contributed by atoms with Crippen molar-refractivity contribution in [3.05, 3.63) is 72.8 Å². The first-order chi connectivity index (χ1) is 27.2. The fourth-order valence-electron chi connectivity index (χ4n) is 5.52. The van der Waals surface area contributed by atoms with Gasteiger partial charge in [-0.15, -0.1) is 0 Å². The van der Waals surface area contributed by atoms with E-state index < -0.39 is 53.5 Å². The van der Waals surface area contributed by atoms with Gasteiger partial charge < -0.3 is 25.9 Å². The summed E-state index contributed by atoms with van der Waals surface area (Å²) in [6.45, 7) is 13.2. The summed E-state index contributed by atoms with van der Waals surface area (Å²) in [6, 6.07) is 6.69. The molecule has 2 heterocycles. The number of nitrogens with one attached hydrogen (secondary N) is 4. The van der Waals surface area contributed by atoms with Crippen molar-refractivity contribution in [3.63, 3.8) is 0 Å². The lowest BCUT2D eigenvalue weighted by molar-refractivity contribution is -0.688. The van der Waals surface area contributed by atoms with Gasteiger partial charge in [-0.3, -0.25) is 19.7 Å². The van der Waals surface area contributed by atoms with Crippen LogP contribution in [0.1, 0.15) is 97.6 Å². The molecule has 2 aromatic heterocycles. The standard InChI is InChI=1S/C40H56N10O8/c1-39(2,3)57-34(53)24-33(52)23-31(41)22-32(51)10-7-8-16-47-18-20-49(27-47)25-29-11-13-30(14-12-29)26-50-21-19-48(28-50)17-9-15-43-36(54)44-35(42)45-37(55)46-38(56)58-40(4,5)6/h11-14,18-21,27-28,41H,7-10,15-17,22-26H2,1-6H3,(H3-2,42,43,44,45,46,54,55,56)/p+2. The topological polar surface area (TPSA) is 237 Å². The molecule has 0 saturated carbocycles. The fraction of sp³-hybridized carbons (Fsp3) is 0.500. The summed E-state index contributed by atoms with van der Waals surface area (Å²) in [6.07, 6.45) is 12.7. The number of ether oxygens (including phenoxy) is 2. The van der Waals surface area contributed by atoms with Gasteiger partial charge in [-0.05, 0) is 65.5 Å². The molecule has 0 aliphatic rings. The molecular weight excluding hydrogens is 749 g/mol. The first-order valence-corrected chi connectivity index (χ1v) is 19.1. The number of ketones is 2. The van der Waals surface area contributed by atoms with Crippen LogP contribution < -0.4 is 30.8 Å². The molecular formula is C40H58N10O8+2. The summed E-state index contributed by atoms with van der Waals surface area (Å²) in [5, 5.41) is 14.6. The van der Waals surface area contributed by atoms with Gasteiger partial charge in [-0.25, -0.2) is 38.0 Å². The molecule has 18 heteroatoms. The van der Waals surface area contributed by atoms with E-state index in [4.69, 9.17) is 20.6 Å². The van der Waals surface area contributed by atoms with E-state index >= 15 is 0 Å². The number of rotatable bonds is 19. The van der Waals surface area contributed by atoms with Crippen LogP contribution in [0.2, 0.25) is 0 Å². The van der Waals surface area contributed by atoms with E-state index in [1.54, 1.807) is 41.5 Å². The molecule has 0 spiro atoms. The van der Waals surface area contributed by atoms with E-state index in [1.807, 2.05) is 47.3 Å². The van der Waals surface area contributed by atoms with Gasteiger partial charge in [-0.2, -0.15) is 4.99 Å². The van der Waals surface area contributed by atoms with Crippen molar-refractivity contribution in [3.8, 4) is 0 Å². The maximum absolute atomic E-state index is 12.4. The van der Waals surface area contributed by atoms with E-state index in [0.29, 0.717) is 45.4 Å². The molecule has 0 saturated heterocycles. The second-order valence-corrected chi connectivity index (χ2v) is 15.9. The molecule has 58 heavy (non-hydrogen) atoms. The molecule has 0 bridgehead atoms. The lowest BCUT2D eigenvalue weighted by Crippen LogP contribution is -2.47. The molecule has 1 aromatic carbocycles. The molecule has 6 N–H and O–H groups in total. The van der Waals surface area contributed by atoms with Crippen LogP contribution in [0.15, 0.2) is 66.7 Å². The summed E-state index contributed by atoms with van der Waals surface area (Å²) in [5.74, 6) is -1.61. The third-order valence-electron chi connectivity index (χ3n) is 7.90. The van der Waals surface area contributed by atoms with E-state index in [9.17, 15) is 28.8 Å². The Morgan fingerprint density at radius 1 is 0.741 bits per heavy atom. The molecule has 0 aliphatic heterocycles. The van der Waals surface area contributed by atoms with Gasteiger partial charge in [0.25, 0.3) is 0 Å². The van der Waals surface area contributed by atoms with E-state index in [0.717, 1.165) is 24.1 Å². The smallest absolute Gasteiger partial charge is 0.415 e. The van der Waals surface area contributed by atoms with Crippen LogP contribution >= 0.6 is 0 Å². The Morgan fingerprint density at radius 2 is 1.28 bits per heavy atom. The Balaban J connectivity index is 1.30. The quantitative estimate of drug-likeness (QED) is 0.0298. The molecule has 0 radical (unpaired) electrons. The molecule has 314 valence electrons. The summed E-state index contributed by atoms with van der Waals surface area (Å²) in [4.78, 5) is 75.3. The van der Waals surface area contributed by atoms with Gasteiger partial charge in [-0.1, -0.05) is 24.3 Å². The lowest BCUT2D eigenvalue weighted by atomic mass is 10.0. The lowest BCUT2D eigenvalue weighted by Gasteiger charge is -2.19. The number of carbonyl (C=O) groups is 6. The summed E-state index contributed by atoms with van der Waals surface area (Å²) in [7, 11) is 0. The molecule has 3 rings (SSSR count). The number of carbonyl (C=O) groups excluding carboxylic acids is 6.